The summed E-state index contributed by atoms with van der Waals surface area (Å²) >= 11 is 0. The van der Waals surface area contributed by atoms with Crippen LogP contribution in [0.25, 0.3) is 5.70 Å². The molecule has 5 nitrogen and oxygen atoms in total. The minimum atomic E-state index is -0.464. The molecule has 5 rings (SSSR count). The summed E-state index contributed by atoms with van der Waals surface area (Å²) in [7, 11) is 1.49. The Morgan fingerprint density at radius 3 is 2.61 bits per heavy atom. The molecular weight excluding hydrogens is 354 g/mol. The summed E-state index contributed by atoms with van der Waals surface area (Å²) < 4.78 is 5.27. The fraction of sp³-hybridized carbons (Fsp3) is 0.217. The zero-order valence-corrected chi connectivity index (χ0v) is 15.4. The molecule has 1 atom stereocenters. The first-order valence-corrected chi connectivity index (χ1v) is 9.38. The Hall–Kier alpha value is -3.34. The highest BCUT2D eigenvalue weighted by Gasteiger charge is 2.43. The number of allylic oxidation sites excluding steroid dienone is 3. The molecule has 0 bridgehead atoms. The number of methoxy groups -OCH3 is 1. The molecule has 3 aliphatic rings. The smallest absolute Gasteiger partial charge is 0.192 e. The summed E-state index contributed by atoms with van der Waals surface area (Å²) in [5.41, 5.74) is 5.27. The van der Waals surface area contributed by atoms with Crippen LogP contribution in [0.1, 0.15) is 46.7 Å². The van der Waals surface area contributed by atoms with Crippen LogP contribution in [0, 0.1) is 0 Å². The van der Waals surface area contributed by atoms with Crippen LogP contribution in [0.4, 0.5) is 0 Å². The molecule has 0 amide bonds. The lowest BCUT2D eigenvalue weighted by molar-refractivity contribution is -0.116. The molecule has 5 heteroatoms. The molecule has 0 unspecified atom stereocenters. The number of aromatic hydroxyl groups is 1. The molecule has 2 N–H and O–H groups in total. The van der Waals surface area contributed by atoms with Crippen molar-refractivity contribution in [1.29, 1.82) is 0 Å². The van der Waals surface area contributed by atoms with Gasteiger partial charge in [-0.15, -0.1) is 0 Å². The molecule has 0 saturated carbocycles. The normalized spacial score (nSPS) is 20.5. The van der Waals surface area contributed by atoms with Crippen LogP contribution in [0.2, 0.25) is 0 Å². The van der Waals surface area contributed by atoms with E-state index in [0.29, 0.717) is 28.9 Å². The molecular formula is C23H19NO4. The van der Waals surface area contributed by atoms with Crippen molar-refractivity contribution in [3.8, 4) is 11.5 Å². The summed E-state index contributed by atoms with van der Waals surface area (Å²) in [6, 6.07) is 12.6. The van der Waals surface area contributed by atoms with Crippen LogP contribution in [0.5, 0.6) is 11.5 Å². The van der Waals surface area contributed by atoms with Crippen molar-refractivity contribution in [2.24, 2.45) is 0 Å². The Balaban J connectivity index is 1.75. The van der Waals surface area contributed by atoms with Gasteiger partial charge < -0.3 is 15.2 Å². The number of ether oxygens (including phenoxy) is 1. The number of ketones is 2. The predicted molar refractivity (Wildman–Crippen MR) is 104 cm³/mol. The van der Waals surface area contributed by atoms with Gasteiger partial charge in [0.1, 0.15) is 0 Å². The number of dihydropyridines is 1. The van der Waals surface area contributed by atoms with Crippen molar-refractivity contribution in [1.82, 2.24) is 5.32 Å². The Morgan fingerprint density at radius 2 is 1.82 bits per heavy atom. The van der Waals surface area contributed by atoms with Crippen LogP contribution in [0.15, 0.2) is 59.3 Å². The minimum Gasteiger partial charge on any atom is -0.504 e. The summed E-state index contributed by atoms with van der Waals surface area (Å²) in [6.07, 6.45) is 2.06. The van der Waals surface area contributed by atoms with Crippen molar-refractivity contribution in [3.63, 3.8) is 0 Å². The zero-order chi connectivity index (χ0) is 19.4. The van der Waals surface area contributed by atoms with Crippen molar-refractivity contribution >= 4 is 17.3 Å². The average molecular weight is 373 g/mol. The van der Waals surface area contributed by atoms with Gasteiger partial charge in [0.2, 0.25) is 0 Å². The number of rotatable bonds is 2. The van der Waals surface area contributed by atoms with E-state index in [0.717, 1.165) is 35.4 Å². The standard InChI is InChI=1S/C23H19NO4/c1-28-18-11-12(9-10-16(18)25)19-20-15(7-4-8-17(20)26)24-22-13-5-2-3-6-14(13)23(27)21(19)22/h2-3,5-6,9-11,19,24-25H,4,7-8H2,1H3/t19-/m0/s1. The maximum absolute atomic E-state index is 13.3. The van der Waals surface area contributed by atoms with E-state index >= 15 is 0 Å². The van der Waals surface area contributed by atoms with E-state index < -0.39 is 5.92 Å². The third kappa shape index (κ3) is 2.26. The van der Waals surface area contributed by atoms with E-state index in [1.165, 1.54) is 7.11 Å². The molecule has 1 heterocycles. The monoisotopic (exact) mass is 373 g/mol. The van der Waals surface area contributed by atoms with Crippen molar-refractivity contribution in [2.45, 2.75) is 25.2 Å². The van der Waals surface area contributed by atoms with Crippen molar-refractivity contribution in [3.05, 3.63) is 76.0 Å². The lowest BCUT2D eigenvalue weighted by atomic mass is 9.75. The molecule has 2 aromatic carbocycles. The quantitative estimate of drug-likeness (QED) is 0.839. The number of nitrogens with one attached hydrogen (secondary N) is 1. The van der Waals surface area contributed by atoms with Gasteiger partial charge in [-0.1, -0.05) is 30.3 Å². The summed E-state index contributed by atoms with van der Waals surface area (Å²) in [5, 5.41) is 13.4. The number of phenolic OH excluding ortho intramolecular Hbond substituents is 1. The lowest BCUT2D eigenvalue weighted by Gasteiger charge is -2.33. The molecule has 0 radical (unpaired) electrons. The van der Waals surface area contributed by atoms with Crippen LogP contribution >= 0.6 is 0 Å². The SMILES string of the molecule is COc1cc([C@H]2C3=C(CCCC3=O)NC3=C2C(=O)c2ccccc23)ccc1O. The first-order valence-electron chi connectivity index (χ1n) is 9.38. The van der Waals surface area contributed by atoms with Crippen LogP contribution in [-0.2, 0) is 4.79 Å². The van der Waals surface area contributed by atoms with E-state index in [4.69, 9.17) is 4.74 Å². The highest BCUT2D eigenvalue weighted by atomic mass is 16.5. The second-order valence-corrected chi connectivity index (χ2v) is 7.32. The fourth-order valence-corrected chi connectivity index (χ4v) is 4.54. The van der Waals surface area contributed by atoms with Gasteiger partial charge in [-0.2, -0.15) is 0 Å². The summed E-state index contributed by atoms with van der Waals surface area (Å²) in [6.45, 7) is 0. The number of benzene rings is 2. The number of fused-ring (bicyclic) bond motifs is 2. The summed E-state index contributed by atoms with van der Waals surface area (Å²) in [4.78, 5) is 26.2. The van der Waals surface area contributed by atoms with E-state index in [-0.39, 0.29) is 17.3 Å². The maximum atomic E-state index is 13.3. The molecule has 0 saturated heterocycles. The number of hydrogen-bond acceptors (Lipinski definition) is 5. The second-order valence-electron chi connectivity index (χ2n) is 7.32. The van der Waals surface area contributed by atoms with Crippen LogP contribution < -0.4 is 10.1 Å². The van der Waals surface area contributed by atoms with Gasteiger partial charge in [-0.3, -0.25) is 9.59 Å². The largest absolute Gasteiger partial charge is 0.504 e. The molecule has 0 fully saturated rings. The molecule has 0 spiro atoms. The van der Waals surface area contributed by atoms with E-state index in [2.05, 4.69) is 5.32 Å². The first kappa shape index (κ1) is 16.8. The number of hydrogen-bond donors (Lipinski definition) is 2. The Kier molecular flexibility index (Phi) is 3.66. The second kappa shape index (κ2) is 6.09. The zero-order valence-electron chi connectivity index (χ0n) is 15.4. The average Bonchev–Trinajstić information content (AvgIpc) is 3.00. The fourth-order valence-electron chi connectivity index (χ4n) is 4.54. The van der Waals surface area contributed by atoms with Crippen molar-refractivity contribution < 1.29 is 19.4 Å². The number of Topliss-reactive ketones (excluding diaryl/α,β-unsaturated/α-hetero) is 2. The van der Waals surface area contributed by atoms with E-state index in [1.54, 1.807) is 18.2 Å². The molecule has 2 aliphatic carbocycles. The van der Waals surface area contributed by atoms with Gasteiger partial charge in [-0.05, 0) is 30.5 Å². The number of carbonyl (C=O) groups excluding carboxylic acids is 2. The van der Waals surface area contributed by atoms with Gasteiger partial charge in [0.05, 0.1) is 12.8 Å². The molecule has 140 valence electrons. The predicted octanol–water partition coefficient (Wildman–Crippen LogP) is 3.70. The van der Waals surface area contributed by atoms with Crippen LogP contribution in [-0.4, -0.2) is 23.8 Å². The van der Waals surface area contributed by atoms with E-state index in [1.807, 2.05) is 24.3 Å². The van der Waals surface area contributed by atoms with Gasteiger partial charge >= 0.3 is 0 Å². The highest BCUT2D eigenvalue weighted by Crippen LogP contribution is 2.49. The molecule has 28 heavy (non-hydrogen) atoms. The van der Waals surface area contributed by atoms with Gasteiger partial charge in [0.15, 0.2) is 23.1 Å². The Bertz CT molecular complexity index is 1110. The Labute approximate surface area is 162 Å². The third-order valence-corrected chi connectivity index (χ3v) is 5.80. The van der Waals surface area contributed by atoms with Crippen molar-refractivity contribution in [2.75, 3.05) is 7.11 Å². The lowest BCUT2D eigenvalue weighted by Crippen LogP contribution is -2.31. The first-order chi connectivity index (χ1) is 13.6. The van der Waals surface area contributed by atoms with Gasteiger partial charge in [0.25, 0.3) is 0 Å². The van der Waals surface area contributed by atoms with Gasteiger partial charge in [0, 0.05) is 40.3 Å². The highest BCUT2D eigenvalue weighted by molar-refractivity contribution is 6.23. The maximum Gasteiger partial charge on any atom is 0.192 e. The topological polar surface area (TPSA) is 75.6 Å². The molecule has 0 aromatic heterocycles. The van der Waals surface area contributed by atoms with Gasteiger partial charge in [-0.25, -0.2) is 0 Å². The van der Waals surface area contributed by atoms with E-state index in [9.17, 15) is 14.7 Å². The van der Waals surface area contributed by atoms with Crippen LogP contribution in [0.3, 0.4) is 0 Å². The summed E-state index contributed by atoms with van der Waals surface area (Å²) in [5.74, 6) is -0.0965. The Morgan fingerprint density at radius 1 is 1.04 bits per heavy atom. The molecule has 2 aromatic rings. The number of carbonyl (C=O) groups is 2. The number of phenols is 1. The molecule has 1 aliphatic heterocycles. The minimum absolute atomic E-state index is 0.0274. The third-order valence-electron chi connectivity index (χ3n) is 5.80.